The molecular formula is C12H9BrClNO3. The lowest BCUT2D eigenvalue weighted by atomic mass is 10.1. The molecule has 0 aliphatic heterocycles. The van der Waals surface area contributed by atoms with Crippen LogP contribution in [0.1, 0.15) is 21.8 Å². The van der Waals surface area contributed by atoms with Gasteiger partial charge in [0.2, 0.25) is 0 Å². The van der Waals surface area contributed by atoms with Gasteiger partial charge in [0.05, 0.1) is 7.11 Å². The quantitative estimate of drug-likeness (QED) is 0.809. The third-order valence-corrected chi connectivity index (χ3v) is 3.24. The highest BCUT2D eigenvalue weighted by Crippen LogP contribution is 2.24. The summed E-state index contributed by atoms with van der Waals surface area (Å²) in [5.41, 5.74) is 1.02. The molecule has 0 spiro atoms. The van der Waals surface area contributed by atoms with E-state index in [9.17, 15) is 4.79 Å². The van der Waals surface area contributed by atoms with Gasteiger partial charge in [-0.05, 0) is 23.8 Å². The Balaban J connectivity index is 2.32. The molecule has 0 fully saturated rings. The van der Waals surface area contributed by atoms with Crippen LogP contribution < -0.4 is 0 Å². The number of carbonyl (C=O) groups excluding carboxylic acids is 1. The molecule has 0 radical (unpaired) electrons. The van der Waals surface area contributed by atoms with Gasteiger partial charge in [0.15, 0.2) is 12.1 Å². The summed E-state index contributed by atoms with van der Waals surface area (Å²) in [5.74, 6) is -0.0910. The maximum atomic E-state index is 11.5. The van der Waals surface area contributed by atoms with E-state index in [4.69, 9.17) is 16.0 Å². The maximum absolute atomic E-state index is 11.5. The second-order valence-electron chi connectivity index (χ2n) is 3.53. The van der Waals surface area contributed by atoms with Crippen LogP contribution in [-0.2, 0) is 11.2 Å². The summed E-state index contributed by atoms with van der Waals surface area (Å²) in [5, 5.41) is 0.602. The molecule has 0 amide bonds. The van der Waals surface area contributed by atoms with Gasteiger partial charge >= 0.3 is 5.97 Å². The summed E-state index contributed by atoms with van der Waals surface area (Å²) in [6.07, 6.45) is 1.59. The lowest BCUT2D eigenvalue weighted by Gasteiger charge is -2.04. The Morgan fingerprint density at radius 1 is 1.56 bits per heavy atom. The molecule has 1 aromatic heterocycles. The number of hydrogen-bond donors (Lipinski definition) is 0. The van der Waals surface area contributed by atoms with E-state index in [0.717, 1.165) is 10.0 Å². The van der Waals surface area contributed by atoms with Gasteiger partial charge in [0.25, 0.3) is 0 Å². The SMILES string of the molecule is COC(=O)c1ncoc1Cc1cc(Br)ccc1Cl. The molecule has 6 heteroatoms. The summed E-state index contributed by atoms with van der Waals surface area (Å²) >= 11 is 9.44. The Bertz CT molecular complexity index is 582. The lowest BCUT2D eigenvalue weighted by Crippen LogP contribution is -2.05. The largest absolute Gasteiger partial charge is 0.464 e. The van der Waals surface area contributed by atoms with E-state index in [1.54, 1.807) is 6.07 Å². The fourth-order valence-corrected chi connectivity index (χ4v) is 2.10. The van der Waals surface area contributed by atoms with Crippen molar-refractivity contribution < 1.29 is 13.9 Å². The van der Waals surface area contributed by atoms with Crippen molar-refractivity contribution in [1.82, 2.24) is 4.98 Å². The van der Waals surface area contributed by atoms with Crippen molar-refractivity contribution in [3.63, 3.8) is 0 Å². The van der Waals surface area contributed by atoms with Crippen LogP contribution in [0, 0.1) is 0 Å². The molecule has 2 aromatic rings. The molecule has 0 saturated carbocycles. The second kappa shape index (κ2) is 5.54. The molecule has 0 N–H and O–H groups in total. The first-order chi connectivity index (χ1) is 8.61. The van der Waals surface area contributed by atoms with Gasteiger partial charge < -0.3 is 9.15 Å². The number of esters is 1. The molecule has 94 valence electrons. The summed E-state index contributed by atoms with van der Waals surface area (Å²) in [6, 6.07) is 5.48. The zero-order valence-corrected chi connectivity index (χ0v) is 11.8. The number of ether oxygens (including phenoxy) is 1. The van der Waals surface area contributed by atoms with Crippen molar-refractivity contribution in [3.8, 4) is 0 Å². The van der Waals surface area contributed by atoms with Crippen LogP contribution >= 0.6 is 27.5 Å². The standard InChI is InChI=1S/C12H9BrClNO3/c1-17-12(16)11-10(18-6-15-11)5-7-4-8(13)2-3-9(7)14/h2-4,6H,5H2,1H3. The molecule has 4 nitrogen and oxygen atoms in total. The van der Waals surface area contributed by atoms with Crippen LogP contribution in [0.15, 0.2) is 33.5 Å². The van der Waals surface area contributed by atoms with E-state index in [1.807, 2.05) is 12.1 Å². The number of halogens is 2. The molecule has 0 saturated heterocycles. The second-order valence-corrected chi connectivity index (χ2v) is 4.85. The van der Waals surface area contributed by atoms with E-state index in [-0.39, 0.29) is 5.69 Å². The summed E-state index contributed by atoms with van der Waals surface area (Å²) in [4.78, 5) is 15.3. The fraction of sp³-hybridized carbons (Fsp3) is 0.167. The van der Waals surface area contributed by atoms with Crippen LogP contribution in [-0.4, -0.2) is 18.1 Å². The van der Waals surface area contributed by atoms with Gasteiger partial charge in [-0.15, -0.1) is 0 Å². The van der Waals surface area contributed by atoms with Crippen molar-refractivity contribution in [2.45, 2.75) is 6.42 Å². The molecule has 0 bridgehead atoms. The van der Waals surface area contributed by atoms with Crippen molar-refractivity contribution in [3.05, 3.63) is 51.1 Å². The summed E-state index contributed by atoms with van der Waals surface area (Å²) in [6.45, 7) is 0. The van der Waals surface area contributed by atoms with Gasteiger partial charge in [-0.3, -0.25) is 0 Å². The molecule has 2 rings (SSSR count). The third-order valence-electron chi connectivity index (χ3n) is 2.38. The molecular weight excluding hydrogens is 321 g/mol. The predicted octanol–water partition coefficient (Wildman–Crippen LogP) is 3.47. The summed E-state index contributed by atoms with van der Waals surface area (Å²) in [7, 11) is 1.30. The summed E-state index contributed by atoms with van der Waals surface area (Å²) < 4.78 is 10.7. The number of nitrogens with zero attached hydrogens (tertiary/aromatic N) is 1. The molecule has 18 heavy (non-hydrogen) atoms. The van der Waals surface area contributed by atoms with Crippen molar-refractivity contribution >= 4 is 33.5 Å². The highest BCUT2D eigenvalue weighted by Gasteiger charge is 2.18. The molecule has 0 atom stereocenters. The zero-order chi connectivity index (χ0) is 13.1. The number of hydrogen-bond acceptors (Lipinski definition) is 4. The molecule has 0 aliphatic rings. The minimum absolute atomic E-state index is 0.175. The highest BCUT2D eigenvalue weighted by molar-refractivity contribution is 9.10. The zero-order valence-electron chi connectivity index (χ0n) is 9.44. The van der Waals surface area contributed by atoms with Crippen LogP contribution in [0.3, 0.4) is 0 Å². The highest BCUT2D eigenvalue weighted by atomic mass is 79.9. The number of aromatic nitrogens is 1. The van der Waals surface area contributed by atoms with E-state index >= 15 is 0 Å². The first kappa shape index (κ1) is 13.1. The molecule has 1 heterocycles. The fourth-order valence-electron chi connectivity index (χ4n) is 1.51. The Labute approximate surface area is 117 Å². The predicted molar refractivity (Wildman–Crippen MR) is 69.8 cm³/mol. The van der Waals surface area contributed by atoms with E-state index in [1.165, 1.54) is 13.5 Å². The number of oxazole rings is 1. The Kier molecular flexibility index (Phi) is 4.04. The van der Waals surface area contributed by atoms with Crippen molar-refractivity contribution in [2.75, 3.05) is 7.11 Å². The van der Waals surface area contributed by atoms with Crippen LogP contribution in [0.25, 0.3) is 0 Å². The van der Waals surface area contributed by atoms with Crippen LogP contribution in [0.5, 0.6) is 0 Å². The van der Waals surface area contributed by atoms with Crippen LogP contribution in [0.2, 0.25) is 5.02 Å². The van der Waals surface area contributed by atoms with Crippen molar-refractivity contribution in [1.29, 1.82) is 0 Å². The van der Waals surface area contributed by atoms with Crippen LogP contribution in [0.4, 0.5) is 0 Å². The van der Waals surface area contributed by atoms with E-state index in [2.05, 4.69) is 25.7 Å². The first-order valence-electron chi connectivity index (χ1n) is 5.06. The minimum atomic E-state index is -0.523. The average molecular weight is 331 g/mol. The molecule has 0 unspecified atom stereocenters. The maximum Gasteiger partial charge on any atom is 0.360 e. The van der Waals surface area contributed by atoms with Gasteiger partial charge in [-0.1, -0.05) is 27.5 Å². The lowest BCUT2D eigenvalue weighted by molar-refractivity contribution is 0.0592. The van der Waals surface area contributed by atoms with Gasteiger partial charge in [0.1, 0.15) is 5.76 Å². The molecule has 1 aromatic carbocycles. The third kappa shape index (κ3) is 2.73. The van der Waals surface area contributed by atoms with E-state index in [0.29, 0.717) is 17.2 Å². The van der Waals surface area contributed by atoms with Gasteiger partial charge in [0, 0.05) is 15.9 Å². The number of carbonyl (C=O) groups is 1. The topological polar surface area (TPSA) is 52.3 Å². The minimum Gasteiger partial charge on any atom is -0.464 e. The number of methoxy groups -OCH3 is 1. The van der Waals surface area contributed by atoms with Gasteiger partial charge in [-0.2, -0.15) is 0 Å². The Morgan fingerprint density at radius 2 is 2.33 bits per heavy atom. The Morgan fingerprint density at radius 3 is 3.06 bits per heavy atom. The van der Waals surface area contributed by atoms with Crippen molar-refractivity contribution in [2.24, 2.45) is 0 Å². The average Bonchev–Trinajstić information content (AvgIpc) is 2.81. The molecule has 0 aliphatic carbocycles. The normalized spacial score (nSPS) is 10.4. The monoisotopic (exact) mass is 329 g/mol. The first-order valence-corrected chi connectivity index (χ1v) is 6.23. The van der Waals surface area contributed by atoms with E-state index < -0.39 is 5.97 Å². The smallest absolute Gasteiger partial charge is 0.360 e. The number of benzene rings is 1. The number of rotatable bonds is 3. The van der Waals surface area contributed by atoms with Gasteiger partial charge in [-0.25, -0.2) is 9.78 Å². The Hall–Kier alpha value is -1.33.